The smallest absolute Gasteiger partial charge is 0.347 e. The lowest BCUT2D eigenvalue weighted by Crippen LogP contribution is -2.32. The highest BCUT2D eigenvalue weighted by Gasteiger charge is 2.36. The Hall–Kier alpha value is -2.97. The molecule has 9 heteroatoms. The van der Waals surface area contributed by atoms with Gasteiger partial charge in [-0.1, -0.05) is 36.8 Å². The first-order valence-corrected chi connectivity index (χ1v) is 8.42. The lowest BCUT2D eigenvalue weighted by atomic mass is 10.1. The normalized spacial score (nSPS) is 13.0. The minimum atomic E-state index is -4.68. The van der Waals surface area contributed by atoms with Crippen LogP contribution in [0.2, 0.25) is 0 Å². The van der Waals surface area contributed by atoms with E-state index in [2.05, 4.69) is 20.4 Å². The van der Waals surface area contributed by atoms with E-state index in [1.807, 2.05) is 13.8 Å². The molecule has 1 aromatic carbocycles. The van der Waals surface area contributed by atoms with Gasteiger partial charge in [0.15, 0.2) is 5.69 Å². The number of hydrogen-bond acceptors (Lipinski definition) is 4. The number of nitrogens with one attached hydrogen (secondary N) is 1. The van der Waals surface area contributed by atoms with Crippen molar-refractivity contribution in [3.8, 4) is 11.3 Å². The number of hydrogen-bond donors (Lipinski definition) is 1. The fourth-order valence-corrected chi connectivity index (χ4v) is 2.43. The largest absolute Gasteiger partial charge is 0.433 e. The SMILES string of the molecule is CC[C@H](C)NC(=O)c1nc2nc(-c3ccc(C)cc3)cc(C(F)(F)F)n2n1. The summed E-state index contributed by atoms with van der Waals surface area (Å²) < 4.78 is 41.2. The summed E-state index contributed by atoms with van der Waals surface area (Å²) in [5.74, 6) is -1.27. The number of carbonyl (C=O) groups is 1. The number of nitrogens with zero attached hydrogens (tertiary/aromatic N) is 4. The standard InChI is InChI=1S/C18H18F3N5O/c1-4-11(3)22-16(27)15-24-17-23-13(12-7-5-10(2)6-8-12)9-14(18(19,20)21)26(17)25-15/h5-9,11H,4H2,1-3H3,(H,22,27)/t11-/m0/s1. The van der Waals surface area contributed by atoms with Gasteiger partial charge in [-0.15, -0.1) is 5.10 Å². The van der Waals surface area contributed by atoms with E-state index in [0.717, 1.165) is 11.6 Å². The van der Waals surface area contributed by atoms with Crippen molar-refractivity contribution in [2.45, 2.75) is 39.4 Å². The molecule has 27 heavy (non-hydrogen) atoms. The molecule has 0 spiro atoms. The molecular weight excluding hydrogens is 359 g/mol. The average Bonchev–Trinajstić information content (AvgIpc) is 3.04. The maximum Gasteiger partial charge on any atom is 0.433 e. The van der Waals surface area contributed by atoms with Crippen LogP contribution in [0.25, 0.3) is 17.0 Å². The summed E-state index contributed by atoms with van der Waals surface area (Å²) in [5.41, 5.74) is 0.554. The minimum Gasteiger partial charge on any atom is -0.347 e. The zero-order chi connectivity index (χ0) is 19.8. The van der Waals surface area contributed by atoms with Crippen molar-refractivity contribution in [1.82, 2.24) is 24.9 Å². The predicted molar refractivity (Wildman–Crippen MR) is 93.2 cm³/mol. The van der Waals surface area contributed by atoms with Gasteiger partial charge in [0, 0.05) is 11.6 Å². The van der Waals surface area contributed by atoms with Crippen molar-refractivity contribution in [2.24, 2.45) is 0 Å². The Balaban J connectivity index is 2.13. The van der Waals surface area contributed by atoms with Crippen LogP contribution in [-0.4, -0.2) is 31.5 Å². The molecule has 3 aromatic rings. The second-order valence-electron chi connectivity index (χ2n) is 6.32. The van der Waals surface area contributed by atoms with Crippen LogP contribution in [0.1, 0.15) is 42.1 Å². The Morgan fingerprint density at radius 2 is 1.89 bits per heavy atom. The second kappa shape index (κ2) is 6.98. The molecule has 0 saturated heterocycles. The number of aryl methyl sites for hydroxylation is 1. The molecule has 0 fully saturated rings. The molecule has 0 aliphatic rings. The molecule has 0 bridgehead atoms. The summed E-state index contributed by atoms with van der Waals surface area (Å²) in [7, 11) is 0. The van der Waals surface area contributed by atoms with Gasteiger partial charge >= 0.3 is 6.18 Å². The summed E-state index contributed by atoms with van der Waals surface area (Å²) in [6.07, 6.45) is -4.01. The maximum atomic E-state index is 13.5. The van der Waals surface area contributed by atoms with Gasteiger partial charge in [-0.25, -0.2) is 4.98 Å². The maximum absolute atomic E-state index is 13.5. The molecule has 2 heterocycles. The first-order valence-electron chi connectivity index (χ1n) is 8.42. The molecule has 1 atom stereocenters. The van der Waals surface area contributed by atoms with Crippen LogP contribution in [0, 0.1) is 6.92 Å². The van der Waals surface area contributed by atoms with Gasteiger partial charge in [0.2, 0.25) is 5.82 Å². The van der Waals surface area contributed by atoms with Gasteiger partial charge in [-0.2, -0.15) is 22.7 Å². The number of amides is 1. The zero-order valence-corrected chi connectivity index (χ0v) is 15.0. The molecule has 6 nitrogen and oxygen atoms in total. The highest BCUT2D eigenvalue weighted by molar-refractivity contribution is 5.91. The molecule has 142 valence electrons. The van der Waals surface area contributed by atoms with Crippen LogP contribution in [0.3, 0.4) is 0 Å². The van der Waals surface area contributed by atoms with E-state index in [9.17, 15) is 18.0 Å². The van der Waals surface area contributed by atoms with Crippen LogP contribution >= 0.6 is 0 Å². The Morgan fingerprint density at radius 1 is 1.22 bits per heavy atom. The van der Waals surface area contributed by atoms with Crippen molar-refractivity contribution in [3.63, 3.8) is 0 Å². The summed E-state index contributed by atoms with van der Waals surface area (Å²) in [5, 5.41) is 6.36. The first kappa shape index (κ1) is 18.8. The van der Waals surface area contributed by atoms with Gasteiger partial charge in [0.25, 0.3) is 11.7 Å². The van der Waals surface area contributed by atoms with E-state index in [-0.39, 0.29) is 23.3 Å². The minimum absolute atomic E-state index is 0.108. The highest BCUT2D eigenvalue weighted by Crippen LogP contribution is 2.31. The fourth-order valence-electron chi connectivity index (χ4n) is 2.43. The Labute approximate surface area is 153 Å². The van der Waals surface area contributed by atoms with E-state index < -0.39 is 17.8 Å². The topological polar surface area (TPSA) is 72.2 Å². The monoisotopic (exact) mass is 377 g/mol. The second-order valence-corrected chi connectivity index (χ2v) is 6.32. The number of fused-ring (bicyclic) bond motifs is 1. The molecule has 1 N–H and O–H groups in total. The molecule has 0 radical (unpaired) electrons. The van der Waals surface area contributed by atoms with E-state index >= 15 is 0 Å². The van der Waals surface area contributed by atoms with Crippen LogP contribution in [0.5, 0.6) is 0 Å². The van der Waals surface area contributed by atoms with Crippen molar-refractivity contribution in [3.05, 3.63) is 47.4 Å². The summed E-state index contributed by atoms with van der Waals surface area (Å²) in [4.78, 5) is 20.2. The van der Waals surface area contributed by atoms with E-state index in [0.29, 0.717) is 16.5 Å². The zero-order valence-electron chi connectivity index (χ0n) is 15.0. The van der Waals surface area contributed by atoms with Gasteiger partial charge in [-0.3, -0.25) is 4.79 Å². The van der Waals surface area contributed by atoms with Crippen molar-refractivity contribution < 1.29 is 18.0 Å². The van der Waals surface area contributed by atoms with Crippen molar-refractivity contribution >= 4 is 11.7 Å². The van der Waals surface area contributed by atoms with Crippen molar-refractivity contribution in [1.29, 1.82) is 0 Å². The quantitative estimate of drug-likeness (QED) is 0.753. The van der Waals surface area contributed by atoms with Gasteiger partial charge < -0.3 is 5.32 Å². The Bertz CT molecular complexity index is 979. The number of aromatic nitrogens is 4. The van der Waals surface area contributed by atoms with Crippen LogP contribution in [0.4, 0.5) is 13.2 Å². The predicted octanol–water partition coefficient (Wildman–Crippen LogP) is 3.65. The van der Waals surface area contributed by atoms with Gasteiger partial charge in [0.05, 0.1) is 5.69 Å². The first-order chi connectivity index (χ1) is 12.7. The third-order valence-corrected chi connectivity index (χ3v) is 4.14. The van der Waals surface area contributed by atoms with Gasteiger partial charge in [0.1, 0.15) is 0 Å². The lowest BCUT2D eigenvalue weighted by Gasteiger charge is -2.10. The van der Waals surface area contributed by atoms with E-state index in [4.69, 9.17) is 0 Å². The number of carbonyl (C=O) groups excluding carboxylic acids is 1. The molecule has 1 amide bonds. The Morgan fingerprint density at radius 3 is 2.48 bits per heavy atom. The van der Waals surface area contributed by atoms with E-state index in [1.54, 1.807) is 31.2 Å². The molecule has 0 saturated carbocycles. The summed E-state index contributed by atoms with van der Waals surface area (Å²) in [6.45, 7) is 5.53. The van der Waals surface area contributed by atoms with Crippen molar-refractivity contribution in [2.75, 3.05) is 0 Å². The molecule has 2 aromatic heterocycles. The van der Waals surface area contributed by atoms with Crippen LogP contribution in [0.15, 0.2) is 30.3 Å². The number of halogens is 3. The number of alkyl halides is 3. The lowest BCUT2D eigenvalue weighted by molar-refractivity contribution is -0.142. The molecule has 0 unspecified atom stereocenters. The van der Waals surface area contributed by atoms with Crippen LogP contribution < -0.4 is 5.32 Å². The molecular formula is C18H18F3N5O. The van der Waals surface area contributed by atoms with Crippen LogP contribution in [-0.2, 0) is 6.18 Å². The summed E-state index contributed by atoms with van der Waals surface area (Å²) >= 11 is 0. The third kappa shape index (κ3) is 3.91. The molecule has 3 rings (SSSR count). The average molecular weight is 377 g/mol. The van der Waals surface area contributed by atoms with E-state index in [1.165, 1.54) is 0 Å². The number of benzene rings is 1. The fraction of sp³-hybridized carbons (Fsp3) is 0.333. The highest BCUT2D eigenvalue weighted by atomic mass is 19.4. The summed E-state index contributed by atoms with van der Waals surface area (Å²) in [6, 6.07) is 7.68. The molecule has 0 aliphatic carbocycles. The Kier molecular flexibility index (Phi) is 4.86. The number of rotatable bonds is 4. The third-order valence-electron chi connectivity index (χ3n) is 4.14. The van der Waals surface area contributed by atoms with Gasteiger partial charge in [-0.05, 0) is 26.3 Å². The molecule has 0 aliphatic heterocycles.